The number of aromatic nitrogens is 2. The maximum Gasteiger partial charge on any atom is 0.322 e. The second kappa shape index (κ2) is 7.68. The third kappa shape index (κ3) is 3.88. The number of likely N-dealkylation sites (tertiary alicyclic amines) is 1. The van der Waals surface area contributed by atoms with E-state index in [-0.39, 0.29) is 12.1 Å². The van der Waals surface area contributed by atoms with Gasteiger partial charge >= 0.3 is 6.03 Å². The highest BCUT2D eigenvalue weighted by molar-refractivity contribution is 6.30. The number of hydrogen-bond donors (Lipinski definition) is 1. The molecule has 0 unspecified atom stereocenters. The van der Waals surface area contributed by atoms with Crippen LogP contribution in [0.1, 0.15) is 24.4 Å². The summed E-state index contributed by atoms with van der Waals surface area (Å²) in [6, 6.07) is 7.67. The molecule has 1 fully saturated rings. The minimum Gasteiger partial charge on any atom is -0.383 e. The monoisotopic (exact) mass is 348 g/mol. The third-order valence-electron chi connectivity index (χ3n) is 4.16. The van der Waals surface area contributed by atoms with Gasteiger partial charge in [-0.05, 0) is 30.5 Å². The Morgan fingerprint density at radius 3 is 3.17 bits per heavy atom. The van der Waals surface area contributed by atoms with Gasteiger partial charge in [-0.15, -0.1) is 0 Å². The first-order valence-electron chi connectivity index (χ1n) is 8.02. The van der Waals surface area contributed by atoms with E-state index in [9.17, 15) is 4.79 Å². The average Bonchev–Trinajstić information content (AvgIpc) is 3.22. The molecule has 2 amide bonds. The van der Waals surface area contributed by atoms with Gasteiger partial charge in [-0.1, -0.05) is 23.7 Å². The number of methoxy groups -OCH3 is 1. The van der Waals surface area contributed by atoms with Crippen LogP contribution in [0.15, 0.2) is 36.7 Å². The van der Waals surface area contributed by atoms with Crippen LogP contribution in [0.25, 0.3) is 0 Å². The van der Waals surface area contributed by atoms with Gasteiger partial charge in [0.15, 0.2) is 0 Å². The topological polar surface area (TPSA) is 59.4 Å². The highest BCUT2D eigenvalue weighted by Crippen LogP contribution is 2.33. The van der Waals surface area contributed by atoms with E-state index in [2.05, 4.69) is 10.4 Å². The molecule has 0 bridgehead atoms. The molecule has 0 spiro atoms. The lowest BCUT2D eigenvalue weighted by molar-refractivity contribution is 0.183. The van der Waals surface area contributed by atoms with Crippen LogP contribution in [-0.2, 0) is 11.3 Å². The molecule has 1 N–H and O–H groups in total. The third-order valence-corrected chi connectivity index (χ3v) is 4.39. The summed E-state index contributed by atoms with van der Waals surface area (Å²) in [5, 5.41) is 7.83. The van der Waals surface area contributed by atoms with Crippen molar-refractivity contribution in [2.45, 2.75) is 25.4 Å². The van der Waals surface area contributed by atoms with E-state index >= 15 is 0 Å². The maximum atomic E-state index is 12.6. The van der Waals surface area contributed by atoms with Crippen LogP contribution in [0.3, 0.4) is 0 Å². The highest BCUT2D eigenvalue weighted by atomic mass is 35.5. The van der Waals surface area contributed by atoms with E-state index in [1.165, 1.54) is 0 Å². The molecule has 1 atom stereocenters. The van der Waals surface area contributed by atoms with Gasteiger partial charge in [0.05, 0.1) is 31.1 Å². The quantitative estimate of drug-likeness (QED) is 0.898. The molecule has 24 heavy (non-hydrogen) atoms. The number of halogens is 1. The van der Waals surface area contributed by atoms with Crippen molar-refractivity contribution in [1.29, 1.82) is 0 Å². The standard InChI is InChI=1S/C17H21ClN4O2/c1-24-9-8-21-12-15(11-19-21)20-17(23)22-7-3-6-16(22)13-4-2-5-14(18)10-13/h2,4-5,10-12,16H,3,6-9H2,1H3,(H,20,23)/t16-/m0/s1. The molecular weight excluding hydrogens is 328 g/mol. The molecule has 2 aromatic rings. The van der Waals surface area contributed by atoms with Gasteiger partial charge < -0.3 is 15.0 Å². The lowest BCUT2D eigenvalue weighted by Gasteiger charge is -2.25. The molecule has 2 heterocycles. The summed E-state index contributed by atoms with van der Waals surface area (Å²) in [7, 11) is 1.65. The Kier molecular flexibility index (Phi) is 5.37. The van der Waals surface area contributed by atoms with Crippen molar-refractivity contribution in [1.82, 2.24) is 14.7 Å². The van der Waals surface area contributed by atoms with Crippen LogP contribution in [0.4, 0.5) is 10.5 Å². The first-order chi connectivity index (χ1) is 11.7. The van der Waals surface area contributed by atoms with Gasteiger partial charge in [0, 0.05) is 24.9 Å². The lowest BCUT2D eigenvalue weighted by atomic mass is 10.1. The van der Waals surface area contributed by atoms with Crippen LogP contribution in [0.5, 0.6) is 0 Å². The molecule has 1 saturated heterocycles. The molecule has 0 aliphatic carbocycles. The van der Waals surface area contributed by atoms with E-state index in [0.29, 0.717) is 23.9 Å². The Morgan fingerprint density at radius 2 is 2.38 bits per heavy atom. The summed E-state index contributed by atoms with van der Waals surface area (Å²) >= 11 is 6.08. The number of hydrogen-bond acceptors (Lipinski definition) is 3. The number of urea groups is 1. The van der Waals surface area contributed by atoms with Gasteiger partial charge in [-0.2, -0.15) is 5.10 Å². The molecule has 1 aromatic heterocycles. The highest BCUT2D eigenvalue weighted by Gasteiger charge is 2.30. The molecule has 1 aliphatic heterocycles. The minimum atomic E-state index is -0.108. The molecular formula is C17H21ClN4O2. The van der Waals surface area contributed by atoms with Crippen LogP contribution in [-0.4, -0.2) is 41.0 Å². The van der Waals surface area contributed by atoms with Crippen LogP contribution >= 0.6 is 11.6 Å². The van der Waals surface area contributed by atoms with Crippen molar-refractivity contribution >= 4 is 23.3 Å². The van der Waals surface area contributed by atoms with Crippen LogP contribution in [0, 0.1) is 0 Å². The smallest absolute Gasteiger partial charge is 0.322 e. The largest absolute Gasteiger partial charge is 0.383 e. The molecule has 1 aromatic carbocycles. The molecule has 3 rings (SSSR count). The van der Waals surface area contributed by atoms with Crippen molar-refractivity contribution in [3.8, 4) is 0 Å². The molecule has 7 heteroatoms. The molecule has 0 saturated carbocycles. The Morgan fingerprint density at radius 1 is 1.50 bits per heavy atom. The number of nitrogens with zero attached hydrogens (tertiary/aromatic N) is 3. The molecule has 128 valence electrons. The number of carbonyl (C=O) groups is 1. The van der Waals surface area contributed by atoms with Crippen molar-refractivity contribution in [3.05, 3.63) is 47.2 Å². The average molecular weight is 349 g/mol. The summed E-state index contributed by atoms with van der Waals surface area (Å²) in [5.41, 5.74) is 1.76. The summed E-state index contributed by atoms with van der Waals surface area (Å²) < 4.78 is 6.77. The fourth-order valence-electron chi connectivity index (χ4n) is 3.00. The van der Waals surface area contributed by atoms with Gasteiger partial charge in [-0.25, -0.2) is 4.79 Å². The second-order valence-electron chi connectivity index (χ2n) is 5.82. The zero-order chi connectivity index (χ0) is 16.9. The zero-order valence-corrected chi connectivity index (χ0v) is 14.4. The minimum absolute atomic E-state index is 0.0623. The SMILES string of the molecule is COCCn1cc(NC(=O)N2CCC[C@H]2c2cccc(Cl)c2)cn1. The van der Waals surface area contributed by atoms with E-state index in [1.807, 2.05) is 29.2 Å². The number of anilines is 1. The normalized spacial score (nSPS) is 17.2. The fraction of sp³-hybridized carbons (Fsp3) is 0.412. The van der Waals surface area contributed by atoms with Gasteiger partial charge in [-0.3, -0.25) is 4.68 Å². The number of rotatable bonds is 5. The second-order valence-corrected chi connectivity index (χ2v) is 6.26. The first kappa shape index (κ1) is 16.8. The van der Waals surface area contributed by atoms with Crippen molar-refractivity contribution < 1.29 is 9.53 Å². The number of benzene rings is 1. The summed E-state index contributed by atoms with van der Waals surface area (Å²) in [6.07, 6.45) is 5.39. The Labute approximate surface area is 146 Å². The number of carbonyl (C=O) groups excluding carboxylic acids is 1. The number of ether oxygens (including phenoxy) is 1. The van der Waals surface area contributed by atoms with E-state index < -0.39 is 0 Å². The summed E-state index contributed by atoms with van der Waals surface area (Å²) in [6.45, 7) is 1.97. The van der Waals surface area contributed by atoms with Gasteiger partial charge in [0.25, 0.3) is 0 Å². The van der Waals surface area contributed by atoms with Crippen LogP contribution in [0.2, 0.25) is 5.02 Å². The molecule has 1 aliphatic rings. The zero-order valence-electron chi connectivity index (χ0n) is 13.6. The van der Waals surface area contributed by atoms with E-state index in [4.69, 9.17) is 16.3 Å². The lowest BCUT2D eigenvalue weighted by Crippen LogP contribution is -2.34. The Balaban J connectivity index is 1.66. The van der Waals surface area contributed by atoms with Gasteiger partial charge in [0.2, 0.25) is 0 Å². The Bertz CT molecular complexity index is 703. The van der Waals surface area contributed by atoms with Crippen molar-refractivity contribution in [2.75, 3.05) is 25.6 Å². The summed E-state index contributed by atoms with van der Waals surface area (Å²) in [5.74, 6) is 0. The van der Waals surface area contributed by atoms with Gasteiger partial charge in [0.1, 0.15) is 0 Å². The van der Waals surface area contributed by atoms with Crippen LogP contribution < -0.4 is 5.32 Å². The maximum absolute atomic E-state index is 12.6. The predicted octanol–water partition coefficient (Wildman–Crippen LogP) is 3.55. The van der Waals surface area contributed by atoms with E-state index in [1.54, 1.807) is 24.2 Å². The van der Waals surface area contributed by atoms with E-state index in [0.717, 1.165) is 24.9 Å². The predicted molar refractivity (Wildman–Crippen MR) is 93.3 cm³/mol. The van der Waals surface area contributed by atoms with Crippen molar-refractivity contribution in [2.24, 2.45) is 0 Å². The molecule has 0 radical (unpaired) electrons. The van der Waals surface area contributed by atoms with Crippen molar-refractivity contribution in [3.63, 3.8) is 0 Å². The molecule has 6 nitrogen and oxygen atoms in total. The number of amides is 2. The number of nitrogens with one attached hydrogen (secondary N) is 1. The Hall–Kier alpha value is -2.05. The first-order valence-corrected chi connectivity index (χ1v) is 8.39. The summed E-state index contributed by atoms with van der Waals surface area (Å²) in [4.78, 5) is 14.5. The fourth-order valence-corrected chi connectivity index (χ4v) is 3.20.